The molecule has 1 amide bonds. The van der Waals surface area contributed by atoms with Gasteiger partial charge >= 0.3 is 0 Å². The minimum absolute atomic E-state index is 0.0577. The van der Waals surface area contributed by atoms with E-state index in [0.29, 0.717) is 6.42 Å². The molecule has 1 aromatic heterocycles. The SMILES string of the molecule is O=C(NC1CCS(=O)(=O)C1)c1ccc(S(=O)(=O)NCc2cccs2)cc1. The Labute approximate surface area is 156 Å². The van der Waals surface area contributed by atoms with Gasteiger partial charge < -0.3 is 5.32 Å². The molecular weight excluding hydrogens is 396 g/mol. The molecule has 1 fully saturated rings. The summed E-state index contributed by atoms with van der Waals surface area (Å²) >= 11 is 1.46. The van der Waals surface area contributed by atoms with Crippen molar-refractivity contribution in [3.63, 3.8) is 0 Å². The van der Waals surface area contributed by atoms with E-state index in [-0.39, 0.29) is 28.5 Å². The van der Waals surface area contributed by atoms with E-state index in [0.717, 1.165) is 4.88 Å². The summed E-state index contributed by atoms with van der Waals surface area (Å²) in [4.78, 5) is 13.1. The average molecular weight is 415 g/mol. The summed E-state index contributed by atoms with van der Waals surface area (Å²) in [6.07, 6.45) is 0.396. The number of rotatable bonds is 6. The molecule has 1 atom stereocenters. The fraction of sp³-hybridized carbons (Fsp3) is 0.312. The Hall–Kier alpha value is -1.75. The molecule has 3 rings (SSSR count). The number of nitrogens with one attached hydrogen (secondary N) is 2. The maximum atomic E-state index is 12.3. The van der Waals surface area contributed by atoms with Gasteiger partial charge in [0.2, 0.25) is 10.0 Å². The Morgan fingerprint density at radius 3 is 2.50 bits per heavy atom. The summed E-state index contributed by atoms with van der Waals surface area (Å²) in [7, 11) is -6.75. The van der Waals surface area contributed by atoms with Crippen LogP contribution in [0.15, 0.2) is 46.7 Å². The lowest BCUT2D eigenvalue weighted by Crippen LogP contribution is -2.35. The van der Waals surface area contributed by atoms with Crippen molar-refractivity contribution in [2.45, 2.75) is 23.9 Å². The molecule has 10 heteroatoms. The van der Waals surface area contributed by atoms with Crippen LogP contribution in [0.1, 0.15) is 21.7 Å². The molecule has 0 bridgehead atoms. The normalized spacial score (nSPS) is 19.3. The molecule has 0 aliphatic carbocycles. The fourth-order valence-electron chi connectivity index (χ4n) is 2.63. The van der Waals surface area contributed by atoms with Crippen LogP contribution in [0.5, 0.6) is 0 Å². The Morgan fingerprint density at radius 1 is 1.19 bits per heavy atom. The first-order chi connectivity index (χ1) is 12.3. The molecule has 1 aliphatic rings. The second-order valence-electron chi connectivity index (χ2n) is 6.00. The fourth-order valence-corrected chi connectivity index (χ4v) is 6.04. The second kappa shape index (κ2) is 7.47. The van der Waals surface area contributed by atoms with Gasteiger partial charge in [0.25, 0.3) is 5.91 Å². The van der Waals surface area contributed by atoms with E-state index in [9.17, 15) is 21.6 Å². The summed E-state index contributed by atoms with van der Waals surface area (Å²) < 4.78 is 50.0. The minimum Gasteiger partial charge on any atom is -0.348 e. The van der Waals surface area contributed by atoms with Crippen molar-refractivity contribution in [2.75, 3.05) is 11.5 Å². The first kappa shape index (κ1) is 19.0. The van der Waals surface area contributed by atoms with Crippen LogP contribution in [0.3, 0.4) is 0 Å². The lowest BCUT2D eigenvalue weighted by Gasteiger charge is -2.11. The highest BCUT2D eigenvalue weighted by Gasteiger charge is 2.29. The minimum atomic E-state index is -3.67. The number of benzene rings is 1. The van der Waals surface area contributed by atoms with Crippen LogP contribution in [0, 0.1) is 0 Å². The molecule has 2 heterocycles. The molecule has 1 aliphatic heterocycles. The molecule has 0 spiro atoms. The summed E-state index contributed by atoms with van der Waals surface area (Å²) in [5.41, 5.74) is 0.284. The third kappa shape index (κ3) is 4.70. The van der Waals surface area contributed by atoms with Gasteiger partial charge in [-0.25, -0.2) is 21.6 Å². The van der Waals surface area contributed by atoms with Crippen LogP contribution in [0.25, 0.3) is 0 Å². The number of thiophene rings is 1. The zero-order chi connectivity index (χ0) is 18.8. The maximum absolute atomic E-state index is 12.3. The van der Waals surface area contributed by atoms with Crippen LogP contribution in [-0.2, 0) is 26.4 Å². The van der Waals surface area contributed by atoms with Crippen molar-refractivity contribution in [1.82, 2.24) is 10.0 Å². The van der Waals surface area contributed by atoms with Gasteiger partial charge in [-0.3, -0.25) is 4.79 Å². The highest BCUT2D eigenvalue weighted by molar-refractivity contribution is 7.91. The average Bonchev–Trinajstić information content (AvgIpc) is 3.22. The zero-order valence-corrected chi connectivity index (χ0v) is 16.2. The van der Waals surface area contributed by atoms with E-state index in [2.05, 4.69) is 10.0 Å². The Bertz CT molecular complexity index is 981. The molecule has 26 heavy (non-hydrogen) atoms. The molecule has 1 unspecified atom stereocenters. The predicted molar refractivity (Wildman–Crippen MR) is 99.3 cm³/mol. The largest absolute Gasteiger partial charge is 0.348 e. The predicted octanol–water partition coefficient (Wildman–Crippen LogP) is 1.14. The van der Waals surface area contributed by atoms with Gasteiger partial charge in [0, 0.05) is 23.0 Å². The number of sulfone groups is 1. The number of hydrogen-bond acceptors (Lipinski definition) is 6. The molecule has 0 saturated carbocycles. The zero-order valence-electron chi connectivity index (χ0n) is 13.7. The summed E-state index contributed by atoms with van der Waals surface area (Å²) in [5, 5.41) is 4.54. The molecule has 140 valence electrons. The van der Waals surface area contributed by atoms with Crippen molar-refractivity contribution >= 4 is 37.1 Å². The topological polar surface area (TPSA) is 109 Å². The highest BCUT2D eigenvalue weighted by atomic mass is 32.2. The van der Waals surface area contributed by atoms with E-state index < -0.39 is 31.8 Å². The molecule has 2 aromatic rings. The highest BCUT2D eigenvalue weighted by Crippen LogP contribution is 2.15. The molecule has 1 aromatic carbocycles. The third-order valence-electron chi connectivity index (χ3n) is 4.01. The van der Waals surface area contributed by atoms with Gasteiger partial charge in [0.05, 0.1) is 16.4 Å². The van der Waals surface area contributed by atoms with Gasteiger partial charge in [0.1, 0.15) is 0 Å². The van der Waals surface area contributed by atoms with Crippen LogP contribution >= 0.6 is 11.3 Å². The van der Waals surface area contributed by atoms with Crippen molar-refractivity contribution in [2.24, 2.45) is 0 Å². The van der Waals surface area contributed by atoms with E-state index in [1.54, 1.807) is 0 Å². The van der Waals surface area contributed by atoms with Crippen LogP contribution in [0.4, 0.5) is 0 Å². The van der Waals surface area contributed by atoms with Gasteiger partial charge in [-0.1, -0.05) is 6.07 Å². The number of carbonyl (C=O) groups is 1. The Balaban J connectivity index is 1.63. The van der Waals surface area contributed by atoms with E-state index in [1.807, 2.05) is 17.5 Å². The Morgan fingerprint density at radius 2 is 1.92 bits per heavy atom. The van der Waals surface area contributed by atoms with Crippen molar-refractivity contribution in [3.8, 4) is 0 Å². The van der Waals surface area contributed by atoms with Gasteiger partial charge in [0.15, 0.2) is 9.84 Å². The smallest absolute Gasteiger partial charge is 0.251 e. The van der Waals surface area contributed by atoms with Gasteiger partial charge in [-0.05, 0) is 42.1 Å². The monoisotopic (exact) mass is 414 g/mol. The van der Waals surface area contributed by atoms with Crippen LogP contribution in [-0.4, -0.2) is 40.3 Å². The molecule has 2 N–H and O–H groups in total. The molecule has 1 saturated heterocycles. The van der Waals surface area contributed by atoms with Crippen LogP contribution < -0.4 is 10.0 Å². The van der Waals surface area contributed by atoms with Gasteiger partial charge in [-0.15, -0.1) is 11.3 Å². The van der Waals surface area contributed by atoms with E-state index in [4.69, 9.17) is 0 Å². The summed E-state index contributed by atoms with van der Waals surface area (Å²) in [6.45, 7) is 0.207. The number of sulfonamides is 1. The van der Waals surface area contributed by atoms with E-state index >= 15 is 0 Å². The number of amides is 1. The van der Waals surface area contributed by atoms with Crippen molar-refractivity contribution < 1.29 is 21.6 Å². The molecule has 0 radical (unpaired) electrons. The quantitative estimate of drug-likeness (QED) is 0.737. The molecule has 7 nitrogen and oxygen atoms in total. The second-order valence-corrected chi connectivity index (χ2v) is 11.0. The lowest BCUT2D eigenvalue weighted by molar-refractivity contribution is 0.0941. The summed E-state index contributed by atoms with van der Waals surface area (Å²) in [6, 6.07) is 8.83. The first-order valence-corrected chi connectivity index (χ1v) is 12.1. The lowest BCUT2D eigenvalue weighted by atomic mass is 10.2. The number of hydrogen-bond donors (Lipinski definition) is 2. The Kier molecular flexibility index (Phi) is 5.47. The van der Waals surface area contributed by atoms with Gasteiger partial charge in [-0.2, -0.15) is 0 Å². The number of carbonyl (C=O) groups excluding carboxylic acids is 1. The van der Waals surface area contributed by atoms with Crippen molar-refractivity contribution in [3.05, 3.63) is 52.2 Å². The summed E-state index contributed by atoms with van der Waals surface area (Å²) in [5.74, 6) is -0.398. The standard InChI is InChI=1S/C16H18N2O5S3/c19-16(18-13-7-9-25(20,21)11-13)12-3-5-15(6-4-12)26(22,23)17-10-14-2-1-8-24-14/h1-6,8,13,17H,7,9-11H2,(H,18,19). The molecular formula is C16H18N2O5S3. The first-order valence-electron chi connectivity index (χ1n) is 7.89. The van der Waals surface area contributed by atoms with Crippen molar-refractivity contribution in [1.29, 1.82) is 0 Å². The maximum Gasteiger partial charge on any atom is 0.251 e. The van der Waals surface area contributed by atoms with Crippen LogP contribution in [0.2, 0.25) is 0 Å². The third-order valence-corrected chi connectivity index (χ3v) is 8.07. The van der Waals surface area contributed by atoms with E-state index in [1.165, 1.54) is 35.6 Å².